The summed E-state index contributed by atoms with van der Waals surface area (Å²) < 4.78 is 5.97. The van der Waals surface area contributed by atoms with E-state index < -0.39 is 0 Å². The van der Waals surface area contributed by atoms with Crippen molar-refractivity contribution in [2.24, 2.45) is 11.7 Å². The van der Waals surface area contributed by atoms with Crippen LogP contribution in [0, 0.1) is 5.92 Å². The van der Waals surface area contributed by atoms with Crippen LogP contribution in [0.3, 0.4) is 0 Å². The van der Waals surface area contributed by atoms with E-state index in [1.165, 1.54) is 5.56 Å². The molecule has 1 atom stereocenters. The fraction of sp³-hybridized carbons (Fsp3) is 0.368. The van der Waals surface area contributed by atoms with E-state index in [4.69, 9.17) is 10.5 Å². The van der Waals surface area contributed by atoms with Crippen LogP contribution in [-0.4, -0.2) is 0 Å². The fourth-order valence-electron chi connectivity index (χ4n) is 2.32. The Bertz CT molecular complexity index is 536. The highest BCUT2D eigenvalue weighted by molar-refractivity contribution is 5.36. The van der Waals surface area contributed by atoms with Gasteiger partial charge in [-0.25, -0.2) is 0 Å². The van der Waals surface area contributed by atoms with Crippen LogP contribution < -0.4 is 10.5 Å². The predicted octanol–water partition coefficient (Wildman–Crippen LogP) is 4.70. The largest absolute Gasteiger partial charge is 0.489 e. The average molecular weight is 283 g/mol. The maximum atomic E-state index is 6.33. The van der Waals surface area contributed by atoms with Crippen LogP contribution in [0.15, 0.2) is 54.6 Å². The highest BCUT2D eigenvalue weighted by Gasteiger charge is 2.12. The molecule has 2 aromatic rings. The average Bonchev–Trinajstić information content (AvgIpc) is 2.52. The van der Waals surface area contributed by atoms with Crippen LogP contribution in [-0.2, 0) is 6.61 Å². The molecule has 0 heterocycles. The zero-order valence-corrected chi connectivity index (χ0v) is 13.0. The predicted molar refractivity (Wildman–Crippen MR) is 88.2 cm³/mol. The Balaban J connectivity index is 2.02. The number of ether oxygens (including phenoxy) is 1. The van der Waals surface area contributed by atoms with E-state index in [9.17, 15) is 0 Å². The molecule has 0 aromatic heterocycles. The summed E-state index contributed by atoms with van der Waals surface area (Å²) in [6, 6.07) is 18.4. The highest BCUT2D eigenvalue weighted by atomic mass is 16.5. The third-order valence-electron chi connectivity index (χ3n) is 3.61. The Hall–Kier alpha value is -1.80. The number of rotatable bonds is 7. The molecule has 0 saturated carbocycles. The standard InChI is InChI=1S/C19H25NO/c1-15(2)12-13-18(20)17-10-6-7-11-19(17)21-14-16-8-4-3-5-9-16/h3-11,15,18H,12-14,20H2,1-2H3/t18-/m1/s1. The van der Waals surface area contributed by atoms with Gasteiger partial charge in [-0.15, -0.1) is 0 Å². The smallest absolute Gasteiger partial charge is 0.124 e. The zero-order valence-electron chi connectivity index (χ0n) is 13.0. The molecule has 0 amide bonds. The van der Waals surface area contributed by atoms with Gasteiger partial charge in [0.25, 0.3) is 0 Å². The molecule has 21 heavy (non-hydrogen) atoms. The van der Waals surface area contributed by atoms with E-state index in [1.54, 1.807) is 0 Å². The molecule has 0 spiro atoms. The molecule has 2 rings (SSSR count). The fourth-order valence-corrected chi connectivity index (χ4v) is 2.32. The van der Waals surface area contributed by atoms with Crippen molar-refractivity contribution in [2.45, 2.75) is 39.3 Å². The summed E-state index contributed by atoms with van der Waals surface area (Å²) in [4.78, 5) is 0. The number of hydrogen-bond donors (Lipinski definition) is 1. The van der Waals surface area contributed by atoms with E-state index in [0.29, 0.717) is 12.5 Å². The summed E-state index contributed by atoms with van der Waals surface area (Å²) in [5, 5.41) is 0. The van der Waals surface area contributed by atoms with E-state index in [-0.39, 0.29) is 6.04 Å². The van der Waals surface area contributed by atoms with Crippen molar-refractivity contribution in [3.63, 3.8) is 0 Å². The van der Waals surface area contributed by atoms with Crippen molar-refractivity contribution in [3.05, 3.63) is 65.7 Å². The van der Waals surface area contributed by atoms with Gasteiger partial charge in [-0.3, -0.25) is 0 Å². The maximum absolute atomic E-state index is 6.33. The van der Waals surface area contributed by atoms with Crippen LogP contribution in [0.1, 0.15) is 43.9 Å². The number of benzene rings is 2. The molecule has 0 fully saturated rings. The van der Waals surface area contributed by atoms with Gasteiger partial charge in [0, 0.05) is 11.6 Å². The quantitative estimate of drug-likeness (QED) is 0.799. The summed E-state index contributed by atoms with van der Waals surface area (Å²) in [6.45, 7) is 5.03. The Kier molecular flexibility index (Phi) is 5.82. The van der Waals surface area contributed by atoms with Crippen LogP contribution in [0.2, 0.25) is 0 Å². The third-order valence-corrected chi connectivity index (χ3v) is 3.61. The van der Waals surface area contributed by atoms with Gasteiger partial charge in [-0.2, -0.15) is 0 Å². The molecule has 112 valence electrons. The van der Waals surface area contributed by atoms with Crippen LogP contribution in [0.5, 0.6) is 5.75 Å². The first kappa shape index (κ1) is 15.6. The lowest BCUT2D eigenvalue weighted by Gasteiger charge is -2.18. The third kappa shape index (κ3) is 4.91. The molecule has 0 aliphatic rings. The van der Waals surface area contributed by atoms with Crippen molar-refractivity contribution in [1.82, 2.24) is 0 Å². The lowest BCUT2D eigenvalue weighted by atomic mass is 9.98. The molecule has 0 aliphatic heterocycles. The van der Waals surface area contributed by atoms with E-state index in [2.05, 4.69) is 32.0 Å². The lowest BCUT2D eigenvalue weighted by Crippen LogP contribution is -2.13. The Labute approximate surface area is 127 Å². The van der Waals surface area contributed by atoms with Crippen molar-refractivity contribution in [3.8, 4) is 5.75 Å². The molecule has 0 bridgehead atoms. The van der Waals surface area contributed by atoms with Crippen LogP contribution >= 0.6 is 0 Å². The van der Waals surface area contributed by atoms with E-state index in [0.717, 1.165) is 24.2 Å². The topological polar surface area (TPSA) is 35.2 Å². The lowest BCUT2D eigenvalue weighted by molar-refractivity contribution is 0.300. The number of nitrogens with two attached hydrogens (primary N) is 1. The molecule has 2 heteroatoms. The molecular weight excluding hydrogens is 258 g/mol. The minimum atomic E-state index is 0.0411. The minimum absolute atomic E-state index is 0.0411. The summed E-state index contributed by atoms with van der Waals surface area (Å²) >= 11 is 0. The van der Waals surface area contributed by atoms with Crippen molar-refractivity contribution in [1.29, 1.82) is 0 Å². The monoisotopic (exact) mass is 283 g/mol. The van der Waals surface area contributed by atoms with Crippen LogP contribution in [0.25, 0.3) is 0 Å². The summed E-state index contributed by atoms with van der Waals surface area (Å²) in [7, 11) is 0. The Morgan fingerprint density at radius 1 is 0.905 bits per heavy atom. The molecular formula is C19H25NO. The first-order chi connectivity index (χ1) is 10.2. The van der Waals surface area contributed by atoms with Crippen molar-refractivity contribution in [2.75, 3.05) is 0 Å². The minimum Gasteiger partial charge on any atom is -0.489 e. The van der Waals surface area contributed by atoms with Gasteiger partial charge >= 0.3 is 0 Å². The normalized spacial score (nSPS) is 12.4. The second-order valence-electron chi connectivity index (χ2n) is 5.89. The first-order valence-electron chi connectivity index (χ1n) is 7.68. The zero-order chi connectivity index (χ0) is 15.1. The maximum Gasteiger partial charge on any atom is 0.124 e. The van der Waals surface area contributed by atoms with Crippen molar-refractivity contribution < 1.29 is 4.74 Å². The molecule has 2 nitrogen and oxygen atoms in total. The van der Waals surface area contributed by atoms with Gasteiger partial charge in [0.1, 0.15) is 12.4 Å². The van der Waals surface area contributed by atoms with Crippen molar-refractivity contribution >= 4 is 0 Å². The Morgan fingerprint density at radius 2 is 1.57 bits per heavy atom. The second-order valence-corrected chi connectivity index (χ2v) is 5.89. The molecule has 0 saturated heterocycles. The molecule has 0 aliphatic carbocycles. The second kappa shape index (κ2) is 7.84. The van der Waals surface area contributed by atoms with E-state index in [1.807, 2.05) is 36.4 Å². The number of hydrogen-bond acceptors (Lipinski definition) is 2. The molecule has 0 radical (unpaired) electrons. The van der Waals surface area contributed by atoms with Gasteiger partial charge in [0.15, 0.2) is 0 Å². The number of para-hydroxylation sites is 1. The molecule has 2 aromatic carbocycles. The summed E-state index contributed by atoms with van der Waals surface area (Å²) in [6.07, 6.45) is 2.12. The summed E-state index contributed by atoms with van der Waals surface area (Å²) in [5.74, 6) is 1.58. The molecule has 2 N–H and O–H groups in total. The van der Waals surface area contributed by atoms with Crippen LogP contribution in [0.4, 0.5) is 0 Å². The van der Waals surface area contributed by atoms with E-state index >= 15 is 0 Å². The van der Waals surface area contributed by atoms with Gasteiger partial charge < -0.3 is 10.5 Å². The first-order valence-corrected chi connectivity index (χ1v) is 7.68. The Morgan fingerprint density at radius 3 is 2.29 bits per heavy atom. The van der Waals surface area contributed by atoms with Gasteiger partial charge in [0.2, 0.25) is 0 Å². The molecule has 0 unspecified atom stereocenters. The van der Waals surface area contributed by atoms with Gasteiger partial charge in [-0.1, -0.05) is 62.4 Å². The highest BCUT2D eigenvalue weighted by Crippen LogP contribution is 2.28. The SMILES string of the molecule is CC(C)CC[C@@H](N)c1ccccc1OCc1ccccc1. The van der Waals surface area contributed by atoms with Gasteiger partial charge in [-0.05, 0) is 30.4 Å². The summed E-state index contributed by atoms with van der Waals surface area (Å²) in [5.41, 5.74) is 8.61. The van der Waals surface area contributed by atoms with Gasteiger partial charge in [0.05, 0.1) is 0 Å².